The SMILES string of the molecule is CCc1ccc(C(=O)c2cnc3cc(OC)c(OC)cc3c2S(=O)(=O)c2ccccc2)cc1. The summed E-state index contributed by atoms with van der Waals surface area (Å²) in [7, 11) is -1.11. The fourth-order valence-corrected chi connectivity index (χ4v) is 5.35. The molecule has 6 nitrogen and oxygen atoms in total. The third kappa shape index (κ3) is 4.07. The van der Waals surface area contributed by atoms with Gasteiger partial charge in [0, 0.05) is 23.2 Å². The summed E-state index contributed by atoms with van der Waals surface area (Å²) in [5.74, 6) is 0.333. The fourth-order valence-electron chi connectivity index (χ4n) is 3.71. The Morgan fingerprint density at radius 3 is 2.15 bits per heavy atom. The Morgan fingerprint density at radius 2 is 1.55 bits per heavy atom. The molecule has 0 unspecified atom stereocenters. The molecule has 0 spiro atoms. The summed E-state index contributed by atoms with van der Waals surface area (Å²) in [6, 6.07) is 18.3. The number of rotatable bonds is 7. The van der Waals surface area contributed by atoms with E-state index in [9.17, 15) is 13.2 Å². The van der Waals surface area contributed by atoms with Crippen LogP contribution in [0.3, 0.4) is 0 Å². The maximum Gasteiger partial charge on any atom is 0.208 e. The number of carbonyl (C=O) groups is 1. The number of hydrogen-bond acceptors (Lipinski definition) is 6. The molecule has 0 fully saturated rings. The molecule has 168 valence electrons. The van der Waals surface area contributed by atoms with E-state index in [0.717, 1.165) is 12.0 Å². The predicted molar refractivity (Wildman–Crippen MR) is 126 cm³/mol. The highest BCUT2D eigenvalue weighted by atomic mass is 32.2. The summed E-state index contributed by atoms with van der Waals surface area (Å²) in [6.07, 6.45) is 2.15. The molecule has 0 aliphatic heterocycles. The van der Waals surface area contributed by atoms with Crippen LogP contribution in [0.1, 0.15) is 28.4 Å². The van der Waals surface area contributed by atoms with Gasteiger partial charge in [0.2, 0.25) is 9.84 Å². The number of benzene rings is 3. The average Bonchev–Trinajstić information content (AvgIpc) is 2.87. The van der Waals surface area contributed by atoms with Gasteiger partial charge in [-0.2, -0.15) is 0 Å². The molecule has 0 N–H and O–H groups in total. The molecule has 7 heteroatoms. The lowest BCUT2D eigenvalue weighted by molar-refractivity contribution is 0.103. The molecule has 4 aromatic rings. The Kier molecular flexibility index (Phi) is 6.16. The van der Waals surface area contributed by atoms with E-state index in [-0.39, 0.29) is 20.7 Å². The zero-order valence-corrected chi connectivity index (χ0v) is 19.3. The summed E-state index contributed by atoms with van der Waals surface area (Å²) < 4.78 is 38.4. The van der Waals surface area contributed by atoms with Gasteiger partial charge in [-0.1, -0.05) is 49.4 Å². The molecule has 0 atom stereocenters. The van der Waals surface area contributed by atoms with Gasteiger partial charge in [0.25, 0.3) is 0 Å². The van der Waals surface area contributed by atoms with Gasteiger partial charge < -0.3 is 9.47 Å². The number of hydrogen-bond donors (Lipinski definition) is 0. The van der Waals surface area contributed by atoms with Crippen molar-refractivity contribution in [2.75, 3.05) is 14.2 Å². The quantitative estimate of drug-likeness (QED) is 0.365. The largest absolute Gasteiger partial charge is 0.493 e. The standard InChI is InChI=1S/C26H23NO5S/c1-4-17-10-12-18(13-11-17)25(28)21-16-27-22-15-24(32-3)23(31-2)14-20(22)26(21)33(29,30)19-8-6-5-7-9-19/h5-16H,4H2,1-3H3. The molecular formula is C26H23NO5S. The summed E-state index contributed by atoms with van der Waals surface area (Å²) in [4.78, 5) is 17.9. The van der Waals surface area contributed by atoms with Crippen LogP contribution in [0.5, 0.6) is 11.5 Å². The topological polar surface area (TPSA) is 82.6 Å². The van der Waals surface area contributed by atoms with E-state index >= 15 is 0 Å². The average molecular weight is 462 g/mol. The van der Waals surface area contributed by atoms with E-state index in [1.807, 2.05) is 19.1 Å². The number of sulfone groups is 1. The van der Waals surface area contributed by atoms with Crippen LogP contribution in [-0.2, 0) is 16.3 Å². The van der Waals surface area contributed by atoms with Crippen molar-refractivity contribution in [2.24, 2.45) is 0 Å². The first-order chi connectivity index (χ1) is 15.9. The third-order valence-corrected chi connectivity index (χ3v) is 7.39. The van der Waals surface area contributed by atoms with Crippen LogP contribution in [0.15, 0.2) is 82.7 Å². The molecule has 1 heterocycles. The summed E-state index contributed by atoms with van der Waals surface area (Å²) in [6.45, 7) is 2.02. The van der Waals surface area contributed by atoms with Crippen molar-refractivity contribution in [1.29, 1.82) is 0 Å². The molecule has 4 rings (SSSR count). The number of carbonyl (C=O) groups excluding carboxylic acids is 1. The van der Waals surface area contributed by atoms with Gasteiger partial charge in [0.15, 0.2) is 17.3 Å². The van der Waals surface area contributed by atoms with E-state index in [2.05, 4.69) is 4.98 Å². The smallest absolute Gasteiger partial charge is 0.208 e. The van der Waals surface area contributed by atoms with Crippen molar-refractivity contribution in [2.45, 2.75) is 23.1 Å². The molecule has 33 heavy (non-hydrogen) atoms. The monoisotopic (exact) mass is 461 g/mol. The first kappa shape index (κ1) is 22.5. The Labute approximate surface area is 192 Å². The van der Waals surface area contributed by atoms with Crippen LogP contribution in [0, 0.1) is 0 Å². The van der Waals surface area contributed by atoms with Crippen molar-refractivity contribution in [3.63, 3.8) is 0 Å². The van der Waals surface area contributed by atoms with Crippen molar-refractivity contribution >= 4 is 26.5 Å². The lowest BCUT2D eigenvalue weighted by Gasteiger charge is -2.15. The van der Waals surface area contributed by atoms with Crippen LogP contribution >= 0.6 is 0 Å². The molecule has 0 radical (unpaired) electrons. The van der Waals surface area contributed by atoms with Crippen LogP contribution in [-0.4, -0.2) is 33.4 Å². The normalized spacial score (nSPS) is 11.4. The van der Waals surface area contributed by atoms with Gasteiger partial charge in [0.1, 0.15) is 0 Å². The van der Waals surface area contributed by atoms with Crippen molar-refractivity contribution in [3.05, 3.63) is 89.6 Å². The Morgan fingerprint density at radius 1 is 0.909 bits per heavy atom. The second-order valence-corrected chi connectivity index (χ2v) is 9.31. The number of aromatic nitrogens is 1. The van der Waals surface area contributed by atoms with Gasteiger partial charge in [-0.25, -0.2) is 8.42 Å². The first-order valence-corrected chi connectivity index (χ1v) is 11.9. The van der Waals surface area contributed by atoms with Gasteiger partial charge in [0.05, 0.1) is 35.1 Å². The summed E-state index contributed by atoms with van der Waals surface area (Å²) >= 11 is 0. The molecule has 0 saturated carbocycles. The third-order valence-electron chi connectivity index (χ3n) is 5.52. The number of fused-ring (bicyclic) bond motifs is 1. The molecule has 1 aromatic heterocycles. The minimum atomic E-state index is -4.06. The highest BCUT2D eigenvalue weighted by molar-refractivity contribution is 7.91. The van der Waals surface area contributed by atoms with E-state index in [4.69, 9.17) is 9.47 Å². The zero-order valence-electron chi connectivity index (χ0n) is 18.5. The Balaban J connectivity index is 2.04. The summed E-state index contributed by atoms with van der Waals surface area (Å²) in [5, 5.41) is 0.285. The van der Waals surface area contributed by atoms with Crippen molar-refractivity contribution < 1.29 is 22.7 Å². The number of aryl methyl sites for hydroxylation is 1. The Bertz CT molecular complexity index is 1430. The van der Waals surface area contributed by atoms with Gasteiger partial charge in [-0.15, -0.1) is 0 Å². The first-order valence-electron chi connectivity index (χ1n) is 10.4. The van der Waals surface area contributed by atoms with Crippen LogP contribution in [0.25, 0.3) is 10.9 Å². The number of ether oxygens (including phenoxy) is 2. The van der Waals surface area contributed by atoms with E-state index in [1.54, 1.807) is 42.5 Å². The minimum absolute atomic E-state index is 0.00261. The maximum absolute atomic E-state index is 13.8. The van der Waals surface area contributed by atoms with Crippen molar-refractivity contribution in [3.8, 4) is 11.5 Å². The van der Waals surface area contributed by atoms with Gasteiger partial charge in [-0.3, -0.25) is 9.78 Å². The molecule has 0 bridgehead atoms. The second kappa shape index (κ2) is 9.03. The van der Waals surface area contributed by atoms with Gasteiger partial charge in [-0.05, 0) is 30.2 Å². The predicted octanol–water partition coefficient (Wildman–Crippen LogP) is 4.88. The van der Waals surface area contributed by atoms with Crippen molar-refractivity contribution in [1.82, 2.24) is 4.98 Å². The van der Waals surface area contributed by atoms with E-state index < -0.39 is 15.6 Å². The fraction of sp³-hybridized carbons (Fsp3) is 0.154. The highest BCUT2D eigenvalue weighted by Crippen LogP contribution is 2.38. The molecule has 0 aliphatic carbocycles. The van der Waals surface area contributed by atoms with E-state index in [0.29, 0.717) is 22.6 Å². The lowest BCUT2D eigenvalue weighted by atomic mass is 10.0. The number of ketones is 1. The molecule has 0 aliphatic rings. The maximum atomic E-state index is 13.8. The minimum Gasteiger partial charge on any atom is -0.493 e. The van der Waals surface area contributed by atoms with Gasteiger partial charge >= 0.3 is 0 Å². The summed E-state index contributed by atoms with van der Waals surface area (Å²) in [5.41, 5.74) is 1.85. The lowest BCUT2D eigenvalue weighted by Crippen LogP contribution is -2.13. The molecule has 3 aromatic carbocycles. The van der Waals surface area contributed by atoms with Crippen LogP contribution in [0.2, 0.25) is 0 Å². The number of pyridine rings is 1. The molecular weight excluding hydrogens is 438 g/mol. The molecule has 0 saturated heterocycles. The Hall–Kier alpha value is -3.71. The number of methoxy groups -OCH3 is 2. The zero-order chi connectivity index (χ0) is 23.6. The van der Waals surface area contributed by atoms with Crippen LogP contribution < -0.4 is 9.47 Å². The second-order valence-electron chi connectivity index (χ2n) is 7.42. The van der Waals surface area contributed by atoms with E-state index in [1.165, 1.54) is 32.5 Å². The highest BCUT2D eigenvalue weighted by Gasteiger charge is 2.29. The molecule has 0 amide bonds. The number of nitrogens with zero attached hydrogens (tertiary/aromatic N) is 1. The van der Waals surface area contributed by atoms with Crippen LogP contribution in [0.4, 0.5) is 0 Å².